The Kier molecular flexibility index (Phi) is 9.76. The molecule has 1 heterocycles. The Bertz CT molecular complexity index is 386. The molecule has 6 heteroatoms. The third-order valence-electron chi connectivity index (χ3n) is 4.30. The zero-order chi connectivity index (χ0) is 17.9. The summed E-state index contributed by atoms with van der Waals surface area (Å²) in [6.45, 7) is 10.9. The fraction of sp³-hybridized carbons (Fsp3) is 0.889. The number of ether oxygens (including phenoxy) is 1. The van der Waals surface area contributed by atoms with Gasteiger partial charge in [0.1, 0.15) is 0 Å². The number of hydrogen-bond donors (Lipinski definition) is 2. The molecule has 0 aliphatic carbocycles. The van der Waals surface area contributed by atoms with Crippen LogP contribution in [0.15, 0.2) is 0 Å². The van der Waals surface area contributed by atoms with E-state index in [2.05, 4.69) is 36.3 Å². The summed E-state index contributed by atoms with van der Waals surface area (Å²) < 4.78 is 4.96. The number of nitrogens with zero attached hydrogens (tertiary/aromatic N) is 1. The summed E-state index contributed by atoms with van der Waals surface area (Å²) >= 11 is 0. The summed E-state index contributed by atoms with van der Waals surface area (Å²) in [6, 6.07) is -0.128. The van der Waals surface area contributed by atoms with Crippen LogP contribution in [0.25, 0.3) is 0 Å². The molecule has 0 spiro atoms. The van der Waals surface area contributed by atoms with Crippen molar-refractivity contribution < 1.29 is 14.3 Å². The number of likely N-dealkylation sites (tertiary alicyclic amines) is 1. The minimum absolute atomic E-state index is 0.0269. The van der Waals surface area contributed by atoms with Crippen molar-refractivity contribution in [1.82, 2.24) is 15.5 Å². The molecule has 6 nitrogen and oxygen atoms in total. The Labute approximate surface area is 146 Å². The molecule has 2 unspecified atom stereocenters. The number of rotatable bonds is 9. The van der Waals surface area contributed by atoms with Crippen LogP contribution in [0, 0.1) is 5.92 Å². The second-order valence-electron chi connectivity index (χ2n) is 6.98. The largest absolute Gasteiger partial charge is 0.450 e. The van der Waals surface area contributed by atoms with Crippen LogP contribution in [0.2, 0.25) is 0 Å². The number of carbonyl (C=O) groups excluding carboxylic acids is 2. The first-order valence-electron chi connectivity index (χ1n) is 9.42. The lowest BCUT2D eigenvalue weighted by molar-refractivity contribution is -0.127. The van der Waals surface area contributed by atoms with E-state index in [1.807, 2.05) is 0 Å². The lowest BCUT2D eigenvalue weighted by Gasteiger charge is -2.34. The summed E-state index contributed by atoms with van der Waals surface area (Å²) in [5, 5.41) is 5.90. The third kappa shape index (κ3) is 7.51. The Morgan fingerprint density at radius 2 is 2.00 bits per heavy atom. The van der Waals surface area contributed by atoms with E-state index in [0.29, 0.717) is 19.1 Å². The van der Waals surface area contributed by atoms with Gasteiger partial charge >= 0.3 is 6.09 Å². The van der Waals surface area contributed by atoms with Gasteiger partial charge in [-0.1, -0.05) is 27.2 Å². The van der Waals surface area contributed by atoms with Gasteiger partial charge in [0, 0.05) is 12.6 Å². The van der Waals surface area contributed by atoms with Crippen LogP contribution >= 0.6 is 0 Å². The summed E-state index contributed by atoms with van der Waals surface area (Å²) in [5.41, 5.74) is 0. The SMILES string of the molecule is CCCN1CCCCC1C(=O)NCC(CC(C)C)NC(=O)OCC. The van der Waals surface area contributed by atoms with Gasteiger partial charge < -0.3 is 15.4 Å². The van der Waals surface area contributed by atoms with Crippen LogP contribution in [0.1, 0.15) is 59.8 Å². The maximum atomic E-state index is 12.6. The molecule has 2 atom stereocenters. The van der Waals surface area contributed by atoms with Crippen molar-refractivity contribution in [3.63, 3.8) is 0 Å². The third-order valence-corrected chi connectivity index (χ3v) is 4.30. The van der Waals surface area contributed by atoms with Gasteiger partial charge in [0.05, 0.1) is 12.6 Å². The minimum atomic E-state index is -0.414. The lowest BCUT2D eigenvalue weighted by atomic mass is 10.0. The standard InChI is InChI=1S/C18H35N3O3/c1-5-10-21-11-8-7-9-16(21)17(22)19-13-15(12-14(3)4)20-18(23)24-6-2/h14-16H,5-13H2,1-4H3,(H,19,22)(H,20,23). The quantitative estimate of drug-likeness (QED) is 0.676. The van der Waals surface area contributed by atoms with Crippen molar-refractivity contribution >= 4 is 12.0 Å². The number of piperidine rings is 1. The van der Waals surface area contributed by atoms with Crippen LogP contribution < -0.4 is 10.6 Å². The van der Waals surface area contributed by atoms with Gasteiger partial charge in [-0.3, -0.25) is 9.69 Å². The van der Waals surface area contributed by atoms with E-state index in [9.17, 15) is 9.59 Å². The number of carbonyl (C=O) groups is 2. The zero-order valence-corrected chi connectivity index (χ0v) is 15.8. The van der Waals surface area contributed by atoms with Gasteiger partial charge in [-0.05, 0) is 51.6 Å². The Morgan fingerprint density at radius 1 is 1.25 bits per heavy atom. The van der Waals surface area contributed by atoms with E-state index in [4.69, 9.17) is 4.74 Å². The van der Waals surface area contributed by atoms with Crippen molar-refractivity contribution in [3.8, 4) is 0 Å². The Balaban J connectivity index is 2.53. The smallest absolute Gasteiger partial charge is 0.407 e. The maximum absolute atomic E-state index is 12.6. The second-order valence-corrected chi connectivity index (χ2v) is 6.98. The molecule has 1 aliphatic rings. The molecule has 0 aromatic carbocycles. The maximum Gasteiger partial charge on any atom is 0.407 e. The molecule has 0 bridgehead atoms. The summed E-state index contributed by atoms with van der Waals surface area (Å²) in [5.74, 6) is 0.516. The van der Waals surface area contributed by atoms with Crippen LogP contribution in [0.5, 0.6) is 0 Å². The normalized spacial score (nSPS) is 19.8. The lowest BCUT2D eigenvalue weighted by Crippen LogP contribution is -2.52. The molecular formula is C18H35N3O3. The zero-order valence-electron chi connectivity index (χ0n) is 15.8. The molecule has 1 fully saturated rings. The number of amides is 2. The number of nitrogens with one attached hydrogen (secondary N) is 2. The first-order valence-corrected chi connectivity index (χ1v) is 9.42. The van der Waals surface area contributed by atoms with E-state index < -0.39 is 6.09 Å². The van der Waals surface area contributed by atoms with E-state index in [1.165, 1.54) is 6.42 Å². The van der Waals surface area contributed by atoms with Crippen LogP contribution in [-0.2, 0) is 9.53 Å². The monoisotopic (exact) mass is 341 g/mol. The predicted octanol–water partition coefficient (Wildman–Crippen LogP) is 2.53. The molecule has 0 aromatic rings. The fourth-order valence-electron chi connectivity index (χ4n) is 3.29. The summed E-state index contributed by atoms with van der Waals surface area (Å²) in [4.78, 5) is 26.5. The van der Waals surface area contributed by atoms with Gasteiger partial charge in [-0.2, -0.15) is 0 Å². The second kappa shape index (κ2) is 11.3. The molecule has 2 amide bonds. The molecule has 140 valence electrons. The highest BCUT2D eigenvalue weighted by molar-refractivity contribution is 5.82. The Morgan fingerprint density at radius 3 is 2.62 bits per heavy atom. The van der Waals surface area contributed by atoms with E-state index in [1.54, 1.807) is 6.92 Å². The first-order chi connectivity index (χ1) is 11.5. The number of hydrogen-bond acceptors (Lipinski definition) is 4. The van der Waals surface area contributed by atoms with Gasteiger partial charge in [0.2, 0.25) is 5.91 Å². The molecule has 1 rings (SSSR count). The van der Waals surface area contributed by atoms with E-state index in [0.717, 1.165) is 38.8 Å². The topological polar surface area (TPSA) is 70.7 Å². The molecular weight excluding hydrogens is 306 g/mol. The molecule has 24 heavy (non-hydrogen) atoms. The number of alkyl carbamates (subject to hydrolysis) is 1. The highest BCUT2D eigenvalue weighted by Gasteiger charge is 2.28. The van der Waals surface area contributed by atoms with Gasteiger partial charge in [-0.25, -0.2) is 4.79 Å². The van der Waals surface area contributed by atoms with Gasteiger partial charge in [0.25, 0.3) is 0 Å². The average molecular weight is 341 g/mol. The minimum Gasteiger partial charge on any atom is -0.450 e. The van der Waals surface area contributed by atoms with Crippen molar-refractivity contribution in [3.05, 3.63) is 0 Å². The molecule has 2 N–H and O–H groups in total. The van der Waals surface area contributed by atoms with Crippen LogP contribution in [0.3, 0.4) is 0 Å². The van der Waals surface area contributed by atoms with Crippen molar-refractivity contribution in [2.45, 2.75) is 71.9 Å². The molecule has 1 aliphatic heterocycles. The Hall–Kier alpha value is -1.30. The molecule has 0 saturated carbocycles. The van der Waals surface area contributed by atoms with Crippen molar-refractivity contribution in [2.24, 2.45) is 5.92 Å². The van der Waals surface area contributed by atoms with Crippen LogP contribution in [-0.4, -0.2) is 55.2 Å². The first kappa shape index (κ1) is 20.7. The average Bonchev–Trinajstić information content (AvgIpc) is 2.53. The molecule has 0 aromatic heterocycles. The van der Waals surface area contributed by atoms with Gasteiger partial charge in [-0.15, -0.1) is 0 Å². The van der Waals surface area contributed by atoms with E-state index in [-0.39, 0.29) is 18.0 Å². The predicted molar refractivity (Wildman–Crippen MR) is 95.9 cm³/mol. The van der Waals surface area contributed by atoms with Crippen molar-refractivity contribution in [1.29, 1.82) is 0 Å². The highest BCUT2D eigenvalue weighted by Crippen LogP contribution is 2.17. The summed E-state index contributed by atoms with van der Waals surface area (Å²) in [6.07, 6.45) is 4.65. The fourth-order valence-corrected chi connectivity index (χ4v) is 3.29. The molecule has 0 radical (unpaired) electrons. The van der Waals surface area contributed by atoms with Gasteiger partial charge in [0.15, 0.2) is 0 Å². The molecule has 1 saturated heterocycles. The highest BCUT2D eigenvalue weighted by atomic mass is 16.5. The summed E-state index contributed by atoms with van der Waals surface area (Å²) in [7, 11) is 0. The van der Waals surface area contributed by atoms with Crippen molar-refractivity contribution in [2.75, 3.05) is 26.2 Å². The van der Waals surface area contributed by atoms with E-state index >= 15 is 0 Å². The van der Waals surface area contributed by atoms with Crippen LogP contribution in [0.4, 0.5) is 4.79 Å².